The van der Waals surface area contributed by atoms with Gasteiger partial charge in [0.15, 0.2) is 6.61 Å². The molecule has 1 saturated heterocycles. The molecule has 29 heavy (non-hydrogen) atoms. The molecule has 3 heterocycles. The van der Waals surface area contributed by atoms with E-state index >= 15 is 0 Å². The average Bonchev–Trinajstić information content (AvgIpc) is 2.77. The molecule has 3 aromatic rings. The molecular weight excluding hydrogens is 370 g/mol. The first kappa shape index (κ1) is 19.1. The van der Waals surface area contributed by atoms with Gasteiger partial charge in [-0.1, -0.05) is 0 Å². The molecule has 0 aliphatic carbocycles. The quantitative estimate of drug-likeness (QED) is 0.664. The monoisotopic (exact) mass is 393 g/mol. The number of morpholine rings is 1. The van der Waals surface area contributed by atoms with Crippen LogP contribution in [0.4, 0.5) is 0 Å². The second kappa shape index (κ2) is 8.45. The highest BCUT2D eigenvalue weighted by molar-refractivity contribution is 5.86. The summed E-state index contributed by atoms with van der Waals surface area (Å²) in [5.74, 6) is 1.15. The molecule has 0 radical (unpaired) electrons. The second-order valence-electron chi connectivity index (χ2n) is 6.87. The van der Waals surface area contributed by atoms with Crippen molar-refractivity contribution in [2.75, 3.05) is 40.0 Å². The molecule has 4 rings (SSSR count). The van der Waals surface area contributed by atoms with Crippen LogP contribution in [0.25, 0.3) is 22.2 Å². The SMILES string of the molecule is COc1ccc(-c2cc(C)c3ccc(OCC(=O)N4CCOCC4)cc3n2)cn1. The van der Waals surface area contributed by atoms with Gasteiger partial charge in [-0.25, -0.2) is 9.97 Å². The number of hydrogen-bond donors (Lipinski definition) is 0. The highest BCUT2D eigenvalue weighted by Crippen LogP contribution is 2.27. The number of aromatic nitrogens is 2. The molecule has 1 aliphatic rings. The number of carbonyl (C=O) groups is 1. The van der Waals surface area contributed by atoms with E-state index in [0.717, 1.165) is 27.7 Å². The Morgan fingerprint density at radius 3 is 2.72 bits per heavy atom. The normalized spacial score (nSPS) is 14.1. The highest BCUT2D eigenvalue weighted by Gasteiger charge is 2.17. The Kier molecular flexibility index (Phi) is 5.57. The van der Waals surface area contributed by atoms with Crippen LogP contribution in [0, 0.1) is 6.92 Å². The maximum atomic E-state index is 12.3. The van der Waals surface area contributed by atoms with Gasteiger partial charge in [0, 0.05) is 42.4 Å². The van der Waals surface area contributed by atoms with Crippen LogP contribution in [-0.4, -0.2) is 60.8 Å². The van der Waals surface area contributed by atoms with Gasteiger partial charge in [0.05, 0.1) is 31.5 Å². The minimum atomic E-state index is -0.0319. The van der Waals surface area contributed by atoms with Gasteiger partial charge >= 0.3 is 0 Å². The minimum Gasteiger partial charge on any atom is -0.484 e. The summed E-state index contributed by atoms with van der Waals surface area (Å²) in [6.45, 7) is 4.43. The van der Waals surface area contributed by atoms with Crippen LogP contribution >= 0.6 is 0 Å². The first-order valence-corrected chi connectivity index (χ1v) is 9.54. The number of amides is 1. The average molecular weight is 393 g/mol. The molecule has 1 aliphatic heterocycles. The maximum absolute atomic E-state index is 12.3. The first-order valence-electron chi connectivity index (χ1n) is 9.54. The van der Waals surface area contributed by atoms with Crippen LogP contribution in [0.2, 0.25) is 0 Å². The van der Waals surface area contributed by atoms with Crippen molar-refractivity contribution in [1.29, 1.82) is 0 Å². The lowest BCUT2D eigenvalue weighted by atomic mass is 10.1. The van der Waals surface area contributed by atoms with Crippen molar-refractivity contribution in [3.05, 3.63) is 48.2 Å². The van der Waals surface area contributed by atoms with Gasteiger partial charge in [-0.2, -0.15) is 0 Å². The Balaban J connectivity index is 1.54. The Morgan fingerprint density at radius 2 is 2.00 bits per heavy atom. The lowest BCUT2D eigenvalue weighted by molar-refractivity contribution is -0.137. The van der Waals surface area contributed by atoms with E-state index in [9.17, 15) is 4.79 Å². The van der Waals surface area contributed by atoms with Gasteiger partial charge < -0.3 is 19.1 Å². The van der Waals surface area contributed by atoms with E-state index in [1.165, 1.54) is 0 Å². The van der Waals surface area contributed by atoms with Crippen molar-refractivity contribution in [3.63, 3.8) is 0 Å². The van der Waals surface area contributed by atoms with E-state index in [4.69, 9.17) is 19.2 Å². The van der Waals surface area contributed by atoms with Crippen LogP contribution < -0.4 is 9.47 Å². The molecule has 7 nitrogen and oxygen atoms in total. The summed E-state index contributed by atoms with van der Waals surface area (Å²) in [5.41, 5.74) is 3.65. The molecule has 7 heteroatoms. The van der Waals surface area contributed by atoms with Crippen molar-refractivity contribution in [2.45, 2.75) is 6.92 Å². The third-order valence-corrected chi connectivity index (χ3v) is 4.96. The lowest BCUT2D eigenvalue weighted by Gasteiger charge is -2.26. The van der Waals surface area contributed by atoms with Crippen LogP contribution in [0.15, 0.2) is 42.6 Å². The standard InChI is InChI=1S/C22H23N3O4/c1-15-11-19(16-3-6-21(27-2)23-13-16)24-20-12-17(4-5-18(15)20)29-14-22(26)25-7-9-28-10-8-25/h3-6,11-13H,7-10,14H2,1-2H3. The van der Waals surface area contributed by atoms with E-state index in [2.05, 4.69) is 4.98 Å². The van der Waals surface area contributed by atoms with Gasteiger partial charge in [-0.3, -0.25) is 4.79 Å². The fourth-order valence-electron chi connectivity index (χ4n) is 3.32. The van der Waals surface area contributed by atoms with Crippen molar-refractivity contribution in [1.82, 2.24) is 14.9 Å². The highest BCUT2D eigenvalue weighted by atomic mass is 16.5. The molecule has 0 saturated carbocycles. The Labute approximate surface area is 169 Å². The number of fused-ring (bicyclic) bond motifs is 1. The summed E-state index contributed by atoms with van der Waals surface area (Å²) in [7, 11) is 1.59. The van der Waals surface area contributed by atoms with Crippen molar-refractivity contribution >= 4 is 16.8 Å². The van der Waals surface area contributed by atoms with Crippen LogP contribution in [0.1, 0.15) is 5.56 Å². The van der Waals surface area contributed by atoms with Crippen LogP contribution in [0.5, 0.6) is 11.6 Å². The van der Waals surface area contributed by atoms with Crippen LogP contribution in [-0.2, 0) is 9.53 Å². The van der Waals surface area contributed by atoms with Gasteiger partial charge in [0.2, 0.25) is 5.88 Å². The number of carbonyl (C=O) groups excluding carboxylic acids is 1. The summed E-state index contributed by atoms with van der Waals surface area (Å²) in [6.07, 6.45) is 1.74. The Bertz CT molecular complexity index is 1010. The Hall–Kier alpha value is -3.19. The largest absolute Gasteiger partial charge is 0.484 e. The third-order valence-electron chi connectivity index (χ3n) is 4.96. The van der Waals surface area contributed by atoms with E-state index in [1.54, 1.807) is 18.2 Å². The summed E-state index contributed by atoms with van der Waals surface area (Å²) in [4.78, 5) is 23.1. The van der Waals surface area contributed by atoms with E-state index in [1.807, 2.05) is 43.3 Å². The number of aryl methyl sites for hydroxylation is 1. The van der Waals surface area contributed by atoms with Crippen molar-refractivity contribution < 1.29 is 19.0 Å². The number of hydrogen-bond acceptors (Lipinski definition) is 6. The molecule has 1 fully saturated rings. The smallest absolute Gasteiger partial charge is 0.260 e. The molecule has 2 aromatic heterocycles. The lowest BCUT2D eigenvalue weighted by Crippen LogP contribution is -2.42. The van der Waals surface area contributed by atoms with Gasteiger partial charge in [-0.05, 0) is 36.8 Å². The maximum Gasteiger partial charge on any atom is 0.260 e. The fourth-order valence-corrected chi connectivity index (χ4v) is 3.32. The van der Waals surface area contributed by atoms with Crippen molar-refractivity contribution in [2.24, 2.45) is 0 Å². The third kappa shape index (κ3) is 4.30. The summed E-state index contributed by atoms with van der Waals surface area (Å²) in [6, 6.07) is 11.5. The molecule has 1 aromatic carbocycles. The van der Waals surface area contributed by atoms with E-state index < -0.39 is 0 Å². The Morgan fingerprint density at radius 1 is 1.17 bits per heavy atom. The zero-order chi connectivity index (χ0) is 20.2. The molecule has 0 spiro atoms. The summed E-state index contributed by atoms with van der Waals surface area (Å²) >= 11 is 0. The number of ether oxygens (including phenoxy) is 3. The predicted molar refractivity (Wildman–Crippen MR) is 109 cm³/mol. The second-order valence-corrected chi connectivity index (χ2v) is 6.87. The zero-order valence-electron chi connectivity index (χ0n) is 16.6. The topological polar surface area (TPSA) is 73.8 Å². The number of benzene rings is 1. The number of methoxy groups -OCH3 is 1. The predicted octanol–water partition coefficient (Wildman–Crippen LogP) is 2.85. The van der Waals surface area contributed by atoms with Gasteiger partial charge in [0.25, 0.3) is 5.91 Å². The molecule has 0 unspecified atom stereocenters. The van der Waals surface area contributed by atoms with E-state index in [-0.39, 0.29) is 12.5 Å². The summed E-state index contributed by atoms with van der Waals surface area (Å²) in [5, 5.41) is 1.04. The van der Waals surface area contributed by atoms with Gasteiger partial charge in [0.1, 0.15) is 5.75 Å². The molecular formula is C22H23N3O4. The minimum absolute atomic E-state index is 0.00653. The number of pyridine rings is 2. The molecule has 1 amide bonds. The zero-order valence-corrected chi connectivity index (χ0v) is 16.6. The van der Waals surface area contributed by atoms with Crippen LogP contribution in [0.3, 0.4) is 0 Å². The van der Waals surface area contributed by atoms with Crippen molar-refractivity contribution in [3.8, 4) is 22.9 Å². The molecule has 0 bridgehead atoms. The van der Waals surface area contributed by atoms with E-state index in [0.29, 0.717) is 37.9 Å². The van der Waals surface area contributed by atoms with Gasteiger partial charge in [-0.15, -0.1) is 0 Å². The number of nitrogens with zero attached hydrogens (tertiary/aromatic N) is 3. The summed E-state index contributed by atoms with van der Waals surface area (Å²) < 4.78 is 16.1. The first-order chi connectivity index (χ1) is 14.1. The fraction of sp³-hybridized carbons (Fsp3) is 0.318. The molecule has 0 N–H and O–H groups in total. The number of rotatable bonds is 5. The molecule has 150 valence electrons. The molecule has 0 atom stereocenters.